The molecule has 0 bridgehead atoms. The Balaban J connectivity index is 1.02. The molecule has 0 unspecified atom stereocenters. The van der Waals surface area contributed by atoms with Crippen LogP contribution in [0.1, 0.15) is 0 Å². The second kappa shape index (κ2) is 14.4. The van der Waals surface area contributed by atoms with Crippen molar-refractivity contribution in [3.8, 4) is 55.6 Å². The summed E-state index contributed by atoms with van der Waals surface area (Å²) in [6.45, 7) is 5.15. The zero-order valence-corrected chi connectivity index (χ0v) is 38.4. The summed E-state index contributed by atoms with van der Waals surface area (Å²) in [5.74, 6) is 0. The highest BCUT2D eigenvalue weighted by Crippen LogP contribution is 2.48. The lowest BCUT2D eigenvalue weighted by molar-refractivity contribution is 1.67. The fourth-order valence-electron chi connectivity index (χ4n) is 12.0. The van der Waals surface area contributed by atoms with Gasteiger partial charge in [-0.3, -0.25) is 0 Å². The summed E-state index contributed by atoms with van der Waals surface area (Å²) >= 11 is 0. The Bertz CT molecular complexity index is 4190. The number of fused-ring (bicyclic) bond motifs is 10. The normalized spacial score (nSPS) is 13.0. The first-order chi connectivity index (χ1) is 33.0. The van der Waals surface area contributed by atoms with E-state index in [4.69, 9.17) is 0 Å². The second-order valence-electron chi connectivity index (χ2n) is 19.2. The van der Waals surface area contributed by atoms with Crippen molar-refractivity contribution in [2.24, 2.45) is 0 Å². The lowest BCUT2D eigenvalue weighted by atomic mass is 9.84. The highest BCUT2D eigenvalue weighted by molar-refractivity contribution is 7.04. The molecule has 0 aromatic heterocycles. The molecule has 1 heteroatoms. The van der Waals surface area contributed by atoms with Gasteiger partial charge in [0, 0.05) is 0 Å². The first kappa shape index (κ1) is 38.2. The van der Waals surface area contributed by atoms with Crippen LogP contribution in [0.15, 0.2) is 231 Å². The Morgan fingerprint density at radius 1 is 0.224 bits per heavy atom. The summed E-state index contributed by atoms with van der Waals surface area (Å²) in [4.78, 5) is 0. The minimum absolute atomic E-state index is 1.25. The van der Waals surface area contributed by atoms with E-state index in [1.807, 2.05) is 0 Å². The van der Waals surface area contributed by atoms with Crippen LogP contribution < -0.4 is 10.4 Å². The molecule has 1 aliphatic heterocycles. The lowest BCUT2D eigenvalue weighted by Crippen LogP contribution is -2.49. The van der Waals surface area contributed by atoms with E-state index in [1.54, 1.807) is 0 Å². The largest absolute Gasteiger partial charge is 0.113 e. The van der Waals surface area contributed by atoms with Crippen LogP contribution in [0.5, 0.6) is 0 Å². The van der Waals surface area contributed by atoms with Gasteiger partial charge >= 0.3 is 0 Å². The maximum absolute atomic E-state index is 2.63. The van der Waals surface area contributed by atoms with Crippen molar-refractivity contribution in [2.75, 3.05) is 0 Å². The van der Waals surface area contributed by atoms with Crippen LogP contribution in [-0.2, 0) is 0 Å². The van der Waals surface area contributed by atoms with Crippen LogP contribution in [0.4, 0.5) is 0 Å². The van der Waals surface area contributed by atoms with E-state index in [0.29, 0.717) is 0 Å². The van der Waals surface area contributed by atoms with Gasteiger partial charge in [0.1, 0.15) is 8.07 Å². The first-order valence-corrected chi connectivity index (χ1v) is 26.6. The third-order valence-corrected chi connectivity index (χ3v) is 18.7. The Morgan fingerprint density at radius 3 is 0.925 bits per heavy atom. The van der Waals surface area contributed by atoms with Crippen molar-refractivity contribution in [3.05, 3.63) is 231 Å². The van der Waals surface area contributed by atoms with Gasteiger partial charge in [0.2, 0.25) is 0 Å². The van der Waals surface area contributed by atoms with E-state index in [-0.39, 0.29) is 0 Å². The van der Waals surface area contributed by atoms with Gasteiger partial charge in [-0.05, 0) is 166 Å². The number of hydrogen-bond donors (Lipinski definition) is 0. The molecule has 13 aromatic carbocycles. The zero-order valence-electron chi connectivity index (χ0n) is 37.4. The standard InChI is InChI=1S/C66H44Si/c1-67(2)61-38-50(64-54-23-11-9-21-52(54)63(53-22-10-12-24-55(53)64)47-30-27-41-15-3-6-18-44(41)35-47)33-34-51(61)58-39-59-60(40-62(58)67)66(49-32-29-43-17-5-8-20-46(43)37-49)57-26-14-13-25-56(57)65(59)48-31-28-42-16-4-7-19-45(42)36-48/h3-40H,1-2H3. The molecule has 0 radical (unpaired) electrons. The van der Waals surface area contributed by atoms with E-state index in [0.717, 1.165) is 0 Å². The van der Waals surface area contributed by atoms with Crippen LogP contribution in [-0.4, -0.2) is 8.07 Å². The van der Waals surface area contributed by atoms with Gasteiger partial charge < -0.3 is 0 Å². The van der Waals surface area contributed by atoms with Crippen molar-refractivity contribution in [1.29, 1.82) is 0 Å². The molecule has 0 N–H and O–H groups in total. The topological polar surface area (TPSA) is 0 Å². The Labute approximate surface area is 391 Å². The average Bonchev–Trinajstić information content (AvgIpc) is 3.59. The van der Waals surface area contributed by atoms with Crippen LogP contribution >= 0.6 is 0 Å². The average molecular weight is 865 g/mol. The number of benzene rings is 13. The summed E-state index contributed by atoms with van der Waals surface area (Å²) in [5.41, 5.74) is 13.0. The van der Waals surface area contributed by atoms with E-state index in [9.17, 15) is 0 Å². The van der Waals surface area contributed by atoms with Crippen LogP contribution in [0.3, 0.4) is 0 Å². The molecule has 0 aliphatic carbocycles. The maximum atomic E-state index is 2.63. The fraction of sp³-hybridized carbons (Fsp3) is 0.0303. The van der Waals surface area contributed by atoms with Gasteiger partial charge in [-0.1, -0.05) is 219 Å². The minimum Gasteiger partial charge on any atom is -0.0616 e. The van der Waals surface area contributed by atoms with Crippen LogP contribution in [0.2, 0.25) is 13.1 Å². The molecule has 1 heterocycles. The Morgan fingerprint density at radius 2 is 0.522 bits per heavy atom. The molecule has 0 amide bonds. The summed E-state index contributed by atoms with van der Waals surface area (Å²) in [7, 11) is -2.26. The second-order valence-corrected chi connectivity index (χ2v) is 23.5. The van der Waals surface area contributed by atoms with Gasteiger partial charge in [-0.25, -0.2) is 0 Å². The molecule has 0 saturated heterocycles. The van der Waals surface area contributed by atoms with Crippen molar-refractivity contribution < 1.29 is 0 Å². The lowest BCUT2D eigenvalue weighted by Gasteiger charge is -2.23. The quantitative estimate of drug-likeness (QED) is 0.122. The van der Waals surface area contributed by atoms with Crippen molar-refractivity contribution >= 4 is 93.9 Å². The van der Waals surface area contributed by atoms with Gasteiger partial charge in [0.15, 0.2) is 0 Å². The van der Waals surface area contributed by atoms with Crippen molar-refractivity contribution in [2.45, 2.75) is 13.1 Å². The van der Waals surface area contributed by atoms with Gasteiger partial charge in [-0.2, -0.15) is 0 Å². The third-order valence-electron chi connectivity index (χ3n) is 15.2. The SMILES string of the molecule is C[Si]1(C)c2cc(-c3c4ccccc4c(-c4ccc5ccccc5c4)c4ccccc34)ccc2-c2cc3c(-c4ccc5ccccc5c4)c4ccccc4c(-c4ccc5ccccc5c4)c3cc21. The first-order valence-electron chi connectivity index (χ1n) is 23.6. The summed E-state index contributed by atoms with van der Waals surface area (Å²) in [6, 6.07) is 87.2. The van der Waals surface area contributed by atoms with Crippen molar-refractivity contribution in [1.82, 2.24) is 0 Å². The van der Waals surface area contributed by atoms with E-state index in [2.05, 4.69) is 244 Å². The molecule has 0 saturated carbocycles. The Hall–Kier alpha value is -8.10. The number of hydrogen-bond acceptors (Lipinski definition) is 0. The minimum atomic E-state index is -2.26. The number of rotatable bonds is 4. The molecular weight excluding hydrogens is 821 g/mol. The molecular formula is C66H44Si. The van der Waals surface area contributed by atoms with Crippen LogP contribution in [0, 0.1) is 0 Å². The van der Waals surface area contributed by atoms with E-state index >= 15 is 0 Å². The summed E-state index contributed by atoms with van der Waals surface area (Å²) in [6.07, 6.45) is 0. The van der Waals surface area contributed by atoms with E-state index in [1.165, 1.54) is 141 Å². The third kappa shape index (κ3) is 5.72. The highest BCUT2D eigenvalue weighted by atomic mass is 28.3. The molecule has 13 aromatic rings. The molecule has 1 aliphatic rings. The maximum Gasteiger partial charge on any atom is 0.113 e. The van der Waals surface area contributed by atoms with Gasteiger partial charge in [0.25, 0.3) is 0 Å². The molecule has 312 valence electrons. The van der Waals surface area contributed by atoms with Gasteiger partial charge in [-0.15, -0.1) is 0 Å². The monoisotopic (exact) mass is 864 g/mol. The van der Waals surface area contributed by atoms with Crippen molar-refractivity contribution in [3.63, 3.8) is 0 Å². The predicted molar refractivity (Wildman–Crippen MR) is 293 cm³/mol. The zero-order chi connectivity index (χ0) is 44.4. The Kier molecular flexibility index (Phi) is 8.24. The molecule has 0 nitrogen and oxygen atoms in total. The molecule has 0 fully saturated rings. The molecule has 67 heavy (non-hydrogen) atoms. The summed E-state index contributed by atoms with van der Waals surface area (Å²) < 4.78 is 0. The molecule has 14 rings (SSSR count). The smallest absolute Gasteiger partial charge is 0.0616 e. The molecule has 0 atom stereocenters. The molecule has 0 spiro atoms. The summed E-state index contributed by atoms with van der Waals surface area (Å²) in [5, 5.41) is 20.9. The van der Waals surface area contributed by atoms with Gasteiger partial charge in [0.05, 0.1) is 0 Å². The van der Waals surface area contributed by atoms with Crippen LogP contribution in [0.25, 0.3) is 131 Å². The fourth-order valence-corrected chi connectivity index (χ4v) is 15.0. The highest BCUT2D eigenvalue weighted by Gasteiger charge is 2.39. The van der Waals surface area contributed by atoms with E-state index < -0.39 is 8.07 Å². The predicted octanol–water partition coefficient (Wildman–Crippen LogP) is 17.2.